The lowest BCUT2D eigenvalue weighted by Crippen LogP contribution is -2.58. The van der Waals surface area contributed by atoms with Gasteiger partial charge >= 0.3 is 0 Å². The molecule has 114 valence electrons. The Morgan fingerprint density at radius 1 is 1.19 bits per heavy atom. The number of hydrogen-bond acceptors (Lipinski definition) is 2. The molecule has 0 amide bonds. The summed E-state index contributed by atoms with van der Waals surface area (Å²) in [4.78, 5) is 1.61. The molecule has 0 radical (unpaired) electrons. The molecule has 2 aromatic rings. The fourth-order valence-corrected chi connectivity index (χ4v) is 5.51. The molecule has 0 saturated heterocycles. The lowest BCUT2D eigenvalue weighted by Gasteiger charge is -2.56. The first-order chi connectivity index (χ1) is 10.2. The Bertz CT molecular complexity index is 563. The van der Waals surface area contributed by atoms with Crippen LogP contribution in [0.2, 0.25) is 0 Å². The van der Waals surface area contributed by atoms with E-state index >= 15 is 0 Å². The van der Waals surface area contributed by atoms with Crippen molar-refractivity contribution in [2.45, 2.75) is 58.4 Å². The van der Waals surface area contributed by atoms with Crippen molar-refractivity contribution < 1.29 is 0 Å². The second-order valence-electron chi connectivity index (χ2n) is 6.42. The molecule has 2 heteroatoms. The standard InChI is InChI=1S/C19H27NS/c1-4-11-20-18-13-15(19(18,5-2)6-3)17-12-14-9-7-8-10-16(14)21-17/h7-10,12,15,18,20H,4-6,11,13H2,1-3H3. The van der Waals surface area contributed by atoms with Crippen LogP contribution in [0.3, 0.4) is 0 Å². The minimum absolute atomic E-state index is 0.468. The largest absolute Gasteiger partial charge is 0.313 e. The van der Waals surface area contributed by atoms with Crippen molar-refractivity contribution in [2.24, 2.45) is 5.41 Å². The smallest absolute Gasteiger partial charge is 0.0345 e. The van der Waals surface area contributed by atoms with Gasteiger partial charge in [-0.15, -0.1) is 11.3 Å². The van der Waals surface area contributed by atoms with Gasteiger partial charge in [-0.2, -0.15) is 0 Å². The number of rotatable bonds is 6. The van der Waals surface area contributed by atoms with E-state index in [-0.39, 0.29) is 0 Å². The van der Waals surface area contributed by atoms with Crippen molar-refractivity contribution in [3.8, 4) is 0 Å². The molecule has 0 bridgehead atoms. The lowest BCUT2D eigenvalue weighted by atomic mass is 9.53. The van der Waals surface area contributed by atoms with Crippen LogP contribution >= 0.6 is 11.3 Å². The van der Waals surface area contributed by atoms with E-state index in [0.29, 0.717) is 11.5 Å². The minimum atomic E-state index is 0.468. The Kier molecular flexibility index (Phi) is 4.37. The maximum Gasteiger partial charge on any atom is 0.0345 e. The van der Waals surface area contributed by atoms with Crippen LogP contribution in [0.25, 0.3) is 10.1 Å². The van der Waals surface area contributed by atoms with Gasteiger partial charge in [-0.1, -0.05) is 39.0 Å². The molecule has 2 atom stereocenters. The fraction of sp³-hybridized carbons (Fsp3) is 0.579. The molecule has 1 nitrogen and oxygen atoms in total. The Hall–Kier alpha value is -0.860. The first-order valence-corrected chi connectivity index (χ1v) is 9.28. The van der Waals surface area contributed by atoms with E-state index in [9.17, 15) is 0 Å². The third-order valence-electron chi connectivity index (χ3n) is 5.60. The summed E-state index contributed by atoms with van der Waals surface area (Å²) in [6.45, 7) is 8.17. The highest BCUT2D eigenvalue weighted by molar-refractivity contribution is 7.19. The van der Waals surface area contributed by atoms with Gasteiger partial charge in [0.25, 0.3) is 0 Å². The molecule has 21 heavy (non-hydrogen) atoms. The molecule has 1 heterocycles. The van der Waals surface area contributed by atoms with Crippen molar-refractivity contribution in [1.29, 1.82) is 0 Å². The molecule has 1 aromatic heterocycles. The van der Waals surface area contributed by atoms with Crippen molar-refractivity contribution in [3.63, 3.8) is 0 Å². The number of benzene rings is 1. The lowest BCUT2D eigenvalue weighted by molar-refractivity contribution is 0.0220. The summed E-state index contributed by atoms with van der Waals surface area (Å²) < 4.78 is 1.44. The molecule has 0 aliphatic heterocycles. The molecule has 1 fully saturated rings. The Labute approximate surface area is 132 Å². The number of hydrogen-bond donors (Lipinski definition) is 1. The Balaban J connectivity index is 1.87. The maximum absolute atomic E-state index is 3.80. The van der Waals surface area contributed by atoms with Gasteiger partial charge in [-0.3, -0.25) is 0 Å². The molecule has 1 N–H and O–H groups in total. The van der Waals surface area contributed by atoms with E-state index in [1.807, 2.05) is 11.3 Å². The van der Waals surface area contributed by atoms with Crippen molar-refractivity contribution in [2.75, 3.05) is 6.54 Å². The van der Waals surface area contributed by atoms with Crippen LogP contribution < -0.4 is 5.32 Å². The second kappa shape index (κ2) is 6.10. The van der Waals surface area contributed by atoms with Gasteiger partial charge in [0.1, 0.15) is 0 Å². The predicted octanol–water partition coefficient (Wildman–Crippen LogP) is 5.56. The van der Waals surface area contributed by atoms with Crippen LogP contribution in [0.4, 0.5) is 0 Å². The molecule has 1 aliphatic carbocycles. The van der Waals surface area contributed by atoms with Crippen LogP contribution in [0.1, 0.15) is 57.2 Å². The predicted molar refractivity (Wildman–Crippen MR) is 94.3 cm³/mol. The van der Waals surface area contributed by atoms with Crippen molar-refractivity contribution >= 4 is 21.4 Å². The molecule has 0 spiro atoms. The highest BCUT2D eigenvalue weighted by Gasteiger charge is 2.52. The zero-order chi connectivity index (χ0) is 14.9. The summed E-state index contributed by atoms with van der Waals surface area (Å²) in [5.74, 6) is 0.749. The van der Waals surface area contributed by atoms with Crippen LogP contribution in [-0.2, 0) is 0 Å². The first kappa shape index (κ1) is 15.1. The van der Waals surface area contributed by atoms with E-state index in [2.05, 4.69) is 56.4 Å². The fourth-order valence-electron chi connectivity index (χ4n) is 4.20. The van der Waals surface area contributed by atoms with E-state index in [0.717, 1.165) is 12.5 Å². The van der Waals surface area contributed by atoms with Gasteiger partial charge in [0.15, 0.2) is 0 Å². The van der Waals surface area contributed by atoms with Gasteiger partial charge in [-0.05, 0) is 55.2 Å². The number of thiophene rings is 1. The SMILES string of the molecule is CCCNC1CC(c2cc3ccccc3s2)C1(CC)CC. The summed E-state index contributed by atoms with van der Waals surface area (Å²) in [6.07, 6.45) is 5.11. The number of nitrogens with one attached hydrogen (secondary N) is 1. The topological polar surface area (TPSA) is 12.0 Å². The zero-order valence-corrected chi connectivity index (χ0v) is 14.3. The maximum atomic E-state index is 3.80. The average molecular weight is 301 g/mol. The zero-order valence-electron chi connectivity index (χ0n) is 13.5. The summed E-state index contributed by atoms with van der Waals surface area (Å²) in [6, 6.07) is 12.0. The van der Waals surface area contributed by atoms with Gasteiger partial charge in [0.05, 0.1) is 0 Å². The van der Waals surface area contributed by atoms with Crippen LogP contribution in [-0.4, -0.2) is 12.6 Å². The van der Waals surface area contributed by atoms with Crippen LogP contribution in [0, 0.1) is 5.41 Å². The second-order valence-corrected chi connectivity index (χ2v) is 7.54. The van der Waals surface area contributed by atoms with E-state index in [4.69, 9.17) is 0 Å². The molecular weight excluding hydrogens is 274 g/mol. The molecule has 1 aliphatic rings. The molecule has 1 aromatic carbocycles. The van der Waals surface area contributed by atoms with Gasteiger partial charge < -0.3 is 5.32 Å². The van der Waals surface area contributed by atoms with Crippen LogP contribution in [0.5, 0.6) is 0 Å². The number of fused-ring (bicyclic) bond motifs is 1. The van der Waals surface area contributed by atoms with Gasteiger partial charge in [-0.25, -0.2) is 0 Å². The molecule has 1 saturated carbocycles. The average Bonchev–Trinajstić information content (AvgIpc) is 2.91. The normalized spacial score (nSPS) is 24.1. The van der Waals surface area contributed by atoms with E-state index in [1.54, 1.807) is 4.88 Å². The third-order valence-corrected chi connectivity index (χ3v) is 6.83. The highest BCUT2D eigenvalue weighted by atomic mass is 32.1. The summed E-state index contributed by atoms with van der Waals surface area (Å²) in [5.41, 5.74) is 0.468. The molecular formula is C19H27NS. The summed E-state index contributed by atoms with van der Waals surface area (Å²) in [5, 5.41) is 5.22. The Morgan fingerprint density at radius 2 is 1.95 bits per heavy atom. The van der Waals surface area contributed by atoms with Crippen molar-refractivity contribution in [3.05, 3.63) is 35.2 Å². The van der Waals surface area contributed by atoms with Crippen LogP contribution in [0.15, 0.2) is 30.3 Å². The quantitative estimate of drug-likeness (QED) is 0.736. The third kappa shape index (κ3) is 2.43. The molecule has 3 rings (SSSR count). The highest BCUT2D eigenvalue weighted by Crippen LogP contribution is 2.58. The first-order valence-electron chi connectivity index (χ1n) is 8.47. The Morgan fingerprint density at radius 3 is 2.62 bits per heavy atom. The van der Waals surface area contributed by atoms with E-state index in [1.165, 1.54) is 35.8 Å². The molecule has 2 unspecified atom stereocenters. The summed E-state index contributed by atoms with van der Waals surface area (Å²) in [7, 11) is 0. The monoisotopic (exact) mass is 301 g/mol. The van der Waals surface area contributed by atoms with Crippen molar-refractivity contribution in [1.82, 2.24) is 5.32 Å². The van der Waals surface area contributed by atoms with Gasteiger partial charge in [0.2, 0.25) is 0 Å². The van der Waals surface area contributed by atoms with Gasteiger partial charge in [0, 0.05) is 21.5 Å². The minimum Gasteiger partial charge on any atom is -0.313 e. The van der Waals surface area contributed by atoms with E-state index < -0.39 is 0 Å². The summed E-state index contributed by atoms with van der Waals surface area (Å²) >= 11 is 2.01.